The maximum atomic E-state index is 13.9. The van der Waals surface area contributed by atoms with Crippen LogP contribution in [0.3, 0.4) is 0 Å². The average Bonchev–Trinajstić information content (AvgIpc) is 3.47. The number of carbonyl (C=O) groups is 3. The third-order valence-corrected chi connectivity index (χ3v) is 7.68. The Morgan fingerprint density at radius 1 is 0.975 bits per heavy atom. The van der Waals surface area contributed by atoms with Crippen molar-refractivity contribution in [3.8, 4) is 5.75 Å². The molecule has 2 aromatic carbocycles. The Kier molecular flexibility index (Phi) is 8.71. The van der Waals surface area contributed by atoms with E-state index in [1.165, 1.54) is 6.20 Å². The number of methoxy groups -OCH3 is 1. The highest BCUT2D eigenvalue weighted by molar-refractivity contribution is 5.98. The van der Waals surface area contributed by atoms with E-state index in [2.05, 4.69) is 10.3 Å². The number of ether oxygens (including phenoxy) is 1. The van der Waals surface area contributed by atoms with Crippen molar-refractivity contribution in [2.24, 2.45) is 0 Å². The summed E-state index contributed by atoms with van der Waals surface area (Å²) in [6, 6.07) is 19.5. The van der Waals surface area contributed by atoms with Gasteiger partial charge >= 0.3 is 0 Å². The maximum absolute atomic E-state index is 13.9. The van der Waals surface area contributed by atoms with Crippen LogP contribution in [0.15, 0.2) is 79.1 Å². The van der Waals surface area contributed by atoms with Crippen LogP contribution in [0.2, 0.25) is 0 Å². The minimum atomic E-state index is -0.654. The van der Waals surface area contributed by atoms with Gasteiger partial charge < -0.3 is 24.8 Å². The van der Waals surface area contributed by atoms with E-state index in [-0.39, 0.29) is 30.3 Å². The molecule has 2 fully saturated rings. The first-order valence-electron chi connectivity index (χ1n) is 13.7. The Bertz CT molecular complexity index is 1300. The molecule has 0 bridgehead atoms. The fourth-order valence-corrected chi connectivity index (χ4v) is 5.49. The van der Waals surface area contributed by atoms with Crippen molar-refractivity contribution in [3.05, 3.63) is 95.8 Å². The van der Waals surface area contributed by atoms with Gasteiger partial charge in [0, 0.05) is 57.2 Å². The molecule has 2 aliphatic rings. The number of likely N-dealkylation sites (tertiary alicyclic amines) is 1. The van der Waals surface area contributed by atoms with Crippen LogP contribution in [0.1, 0.15) is 32.7 Å². The highest BCUT2D eigenvalue weighted by Crippen LogP contribution is 2.28. The number of piperazine rings is 1. The summed E-state index contributed by atoms with van der Waals surface area (Å²) < 4.78 is 5.27. The third-order valence-electron chi connectivity index (χ3n) is 7.68. The van der Waals surface area contributed by atoms with E-state index in [1.807, 2.05) is 40.1 Å². The van der Waals surface area contributed by atoms with Crippen LogP contribution in [-0.2, 0) is 11.2 Å². The van der Waals surface area contributed by atoms with E-state index in [9.17, 15) is 14.4 Å². The Hall–Kier alpha value is -4.24. The molecule has 1 aromatic heterocycles. The molecule has 208 valence electrons. The molecule has 2 saturated heterocycles. The van der Waals surface area contributed by atoms with Gasteiger partial charge in [0.05, 0.1) is 18.7 Å². The van der Waals surface area contributed by atoms with Crippen molar-refractivity contribution < 1.29 is 19.1 Å². The summed E-state index contributed by atoms with van der Waals surface area (Å²) in [7, 11) is 1.59. The standard InChI is InChI=1S/C31H35N5O4/c1-40-27-11-9-24(10-12-27)29(37)35(17-13-23-6-3-2-4-7-23)26-20-28(31(39)34-18-15-32-16-19-34)36(22-26)30(38)25-8-5-14-33-21-25/h2-12,14,21,26,28,32H,13,15-20,22H2,1H3. The minimum Gasteiger partial charge on any atom is -0.497 e. The summed E-state index contributed by atoms with van der Waals surface area (Å²) in [5.74, 6) is 0.223. The molecule has 9 nitrogen and oxygen atoms in total. The topological polar surface area (TPSA) is 95.1 Å². The van der Waals surface area contributed by atoms with Crippen molar-refractivity contribution in [1.82, 2.24) is 25.0 Å². The summed E-state index contributed by atoms with van der Waals surface area (Å²) in [5, 5.41) is 3.28. The van der Waals surface area contributed by atoms with Crippen LogP contribution in [0, 0.1) is 0 Å². The van der Waals surface area contributed by atoms with E-state index in [0.29, 0.717) is 49.4 Å². The Labute approximate surface area is 234 Å². The number of nitrogens with one attached hydrogen (secondary N) is 1. The van der Waals surface area contributed by atoms with Crippen molar-refractivity contribution in [3.63, 3.8) is 0 Å². The van der Waals surface area contributed by atoms with Gasteiger partial charge in [-0.1, -0.05) is 30.3 Å². The molecule has 2 atom stereocenters. The lowest BCUT2D eigenvalue weighted by atomic mass is 10.1. The number of amides is 3. The third kappa shape index (κ3) is 6.15. The van der Waals surface area contributed by atoms with Gasteiger partial charge in [0.15, 0.2) is 0 Å². The zero-order chi connectivity index (χ0) is 27.9. The molecule has 9 heteroatoms. The van der Waals surface area contributed by atoms with Crippen LogP contribution >= 0.6 is 0 Å². The van der Waals surface area contributed by atoms with Gasteiger partial charge in [-0.05, 0) is 54.8 Å². The SMILES string of the molecule is COc1ccc(C(=O)N(CCc2ccccc2)C2CC(C(=O)N3CCNCC3)N(C(=O)c3cccnc3)C2)cc1. The number of pyridine rings is 1. The number of hydrogen-bond acceptors (Lipinski definition) is 6. The second-order valence-electron chi connectivity index (χ2n) is 10.1. The molecular weight excluding hydrogens is 506 g/mol. The van der Waals surface area contributed by atoms with Crippen LogP contribution in [0.4, 0.5) is 0 Å². The molecule has 5 rings (SSSR count). The molecule has 0 aliphatic carbocycles. The largest absolute Gasteiger partial charge is 0.497 e. The fourth-order valence-electron chi connectivity index (χ4n) is 5.49. The minimum absolute atomic E-state index is 0.0684. The van der Waals surface area contributed by atoms with Crippen molar-refractivity contribution in [1.29, 1.82) is 0 Å². The number of hydrogen-bond donors (Lipinski definition) is 1. The van der Waals surface area contributed by atoms with Crippen LogP contribution < -0.4 is 10.1 Å². The summed E-state index contributed by atoms with van der Waals surface area (Å²) >= 11 is 0. The number of benzene rings is 2. The molecule has 3 aromatic rings. The lowest BCUT2D eigenvalue weighted by Gasteiger charge is -2.32. The highest BCUT2D eigenvalue weighted by Gasteiger charge is 2.44. The molecular formula is C31H35N5O4. The number of rotatable bonds is 8. The monoisotopic (exact) mass is 541 g/mol. The number of nitrogens with zero attached hydrogens (tertiary/aromatic N) is 4. The van der Waals surface area contributed by atoms with Crippen LogP contribution in [0.25, 0.3) is 0 Å². The quantitative estimate of drug-likeness (QED) is 0.471. The van der Waals surface area contributed by atoms with Gasteiger partial charge in [-0.2, -0.15) is 0 Å². The molecule has 40 heavy (non-hydrogen) atoms. The van der Waals surface area contributed by atoms with Gasteiger partial charge in [0.25, 0.3) is 11.8 Å². The molecule has 3 heterocycles. The molecule has 0 saturated carbocycles. The van der Waals surface area contributed by atoms with E-state index in [1.54, 1.807) is 54.6 Å². The highest BCUT2D eigenvalue weighted by atomic mass is 16.5. The van der Waals surface area contributed by atoms with Crippen LogP contribution in [0.5, 0.6) is 5.75 Å². The predicted molar refractivity (Wildman–Crippen MR) is 151 cm³/mol. The number of aromatic nitrogens is 1. The molecule has 3 amide bonds. The average molecular weight is 542 g/mol. The zero-order valence-corrected chi connectivity index (χ0v) is 22.7. The first-order valence-corrected chi connectivity index (χ1v) is 13.7. The van der Waals surface area contributed by atoms with Gasteiger partial charge in [-0.3, -0.25) is 19.4 Å². The molecule has 0 radical (unpaired) electrons. The van der Waals surface area contributed by atoms with Crippen LogP contribution in [-0.4, -0.2) is 95.9 Å². The maximum Gasteiger partial charge on any atom is 0.256 e. The molecule has 2 unspecified atom stereocenters. The first kappa shape index (κ1) is 27.3. The summed E-state index contributed by atoms with van der Waals surface area (Å²) in [6.07, 6.45) is 4.18. The van der Waals surface area contributed by atoms with Gasteiger partial charge in [-0.15, -0.1) is 0 Å². The second kappa shape index (κ2) is 12.7. The van der Waals surface area contributed by atoms with E-state index in [0.717, 1.165) is 18.7 Å². The smallest absolute Gasteiger partial charge is 0.256 e. The first-order chi connectivity index (χ1) is 19.5. The molecule has 2 aliphatic heterocycles. The number of carbonyl (C=O) groups excluding carboxylic acids is 3. The van der Waals surface area contributed by atoms with E-state index >= 15 is 0 Å². The Balaban J connectivity index is 1.44. The van der Waals surface area contributed by atoms with Crippen molar-refractivity contribution >= 4 is 17.7 Å². The van der Waals surface area contributed by atoms with Crippen molar-refractivity contribution in [2.45, 2.75) is 24.9 Å². The predicted octanol–water partition coefficient (Wildman–Crippen LogP) is 2.49. The second-order valence-corrected chi connectivity index (χ2v) is 10.1. The molecule has 1 N–H and O–H groups in total. The van der Waals surface area contributed by atoms with Gasteiger partial charge in [0.2, 0.25) is 5.91 Å². The lowest BCUT2D eigenvalue weighted by molar-refractivity contribution is -0.135. The molecule has 0 spiro atoms. The normalized spacial score (nSPS) is 18.8. The van der Waals surface area contributed by atoms with Crippen molar-refractivity contribution in [2.75, 3.05) is 46.4 Å². The fraction of sp³-hybridized carbons (Fsp3) is 0.355. The zero-order valence-electron chi connectivity index (χ0n) is 22.7. The summed E-state index contributed by atoms with van der Waals surface area (Å²) in [6.45, 7) is 3.36. The Morgan fingerprint density at radius 2 is 1.73 bits per heavy atom. The van der Waals surface area contributed by atoms with Gasteiger partial charge in [-0.25, -0.2) is 0 Å². The van der Waals surface area contributed by atoms with E-state index in [4.69, 9.17) is 4.74 Å². The Morgan fingerprint density at radius 3 is 2.40 bits per heavy atom. The summed E-state index contributed by atoms with van der Waals surface area (Å²) in [4.78, 5) is 50.8. The van der Waals surface area contributed by atoms with Gasteiger partial charge in [0.1, 0.15) is 11.8 Å². The van der Waals surface area contributed by atoms with E-state index < -0.39 is 6.04 Å². The summed E-state index contributed by atoms with van der Waals surface area (Å²) in [5.41, 5.74) is 2.08. The lowest BCUT2D eigenvalue weighted by Crippen LogP contribution is -2.53.